The first-order valence-electron chi connectivity index (χ1n) is 8.71. The fraction of sp³-hybridized carbons (Fsp3) is 0.250. The monoisotopic (exact) mass is 444 g/mol. The first-order chi connectivity index (χ1) is 13.5. The first kappa shape index (κ1) is 20.0. The number of aromatic nitrogens is 3. The molecule has 1 N–H and O–H groups in total. The van der Waals surface area contributed by atoms with Crippen molar-refractivity contribution in [3.63, 3.8) is 0 Å². The lowest BCUT2D eigenvalue weighted by Gasteiger charge is -2.13. The van der Waals surface area contributed by atoms with Crippen molar-refractivity contribution in [3.8, 4) is 11.4 Å². The smallest absolute Gasteiger partial charge is 0.278 e. The van der Waals surface area contributed by atoms with Crippen molar-refractivity contribution in [2.75, 3.05) is 25.6 Å². The third-order valence-corrected chi connectivity index (χ3v) is 4.59. The molecule has 2 aromatic carbocycles. The molecule has 7 nitrogen and oxygen atoms in total. The number of anilines is 1. The van der Waals surface area contributed by atoms with Gasteiger partial charge in [-0.15, -0.1) is 5.10 Å². The van der Waals surface area contributed by atoms with Gasteiger partial charge in [0, 0.05) is 11.6 Å². The highest BCUT2D eigenvalue weighted by Gasteiger charge is 2.19. The van der Waals surface area contributed by atoms with Gasteiger partial charge in [-0.2, -0.15) is 0 Å². The molecule has 3 aromatic rings. The summed E-state index contributed by atoms with van der Waals surface area (Å²) in [7, 11) is 1.61. The van der Waals surface area contributed by atoms with Gasteiger partial charge in [0.25, 0.3) is 5.91 Å². The second-order valence-electron chi connectivity index (χ2n) is 6.21. The molecule has 0 radical (unpaired) electrons. The van der Waals surface area contributed by atoms with Crippen molar-refractivity contribution in [2.45, 2.75) is 13.8 Å². The van der Waals surface area contributed by atoms with E-state index in [0.29, 0.717) is 30.3 Å². The van der Waals surface area contributed by atoms with Crippen LogP contribution in [-0.4, -0.2) is 41.2 Å². The molecule has 0 fully saturated rings. The molecule has 0 spiro atoms. The number of ether oxygens (including phenoxy) is 2. The zero-order valence-electron chi connectivity index (χ0n) is 15.9. The normalized spacial score (nSPS) is 10.7. The molecule has 8 heteroatoms. The average molecular weight is 445 g/mol. The van der Waals surface area contributed by atoms with Crippen LogP contribution in [0.3, 0.4) is 0 Å². The van der Waals surface area contributed by atoms with Crippen LogP contribution in [-0.2, 0) is 4.74 Å². The van der Waals surface area contributed by atoms with E-state index >= 15 is 0 Å². The largest absolute Gasteiger partial charge is 0.489 e. The maximum atomic E-state index is 12.8. The van der Waals surface area contributed by atoms with E-state index in [1.54, 1.807) is 18.7 Å². The van der Waals surface area contributed by atoms with Gasteiger partial charge in [0.2, 0.25) is 0 Å². The lowest BCUT2D eigenvalue weighted by atomic mass is 10.2. The van der Waals surface area contributed by atoms with Gasteiger partial charge < -0.3 is 14.8 Å². The molecule has 0 atom stereocenters. The minimum atomic E-state index is -0.348. The van der Waals surface area contributed by atoms with E-state index < -0.39 is 0 Å². The third-order valence-electron chi connectivity index (χ3n) is 4.09. The SMILES string of the molecule is COCCOc1cc(C)ccc1NC(=O)c1nnn(-c2cccc(Br)c2)c1C. The fourth-order valence-corrected chi connectivity index (χ4v) is 3.05. The summed E-state index contributed by atoms with van der Waals surface area (Å²) in [5.41, 5.74) is 3.32. The highest BCUT2D eigenvalue weighted by atomic mass is 79.9. The Kier molecular flexibility index (Phi) is 6.43. The number of amides is 1. The van der Waals surface area contributed by atoms with Crippen LogP contribution < -0.4 is 10.1 Å². The Bertz CT molecular complexity index is 987. The van der Waals surface area contributed by atoms with Gasteiger partial charge in [0.15, 0.2) is 5.69 Å². The van der Waals surface area contributed by atoms with Gasteiger partial charge in [-0.05, 0) is 49.7 Å². The van der Waals surface area contributed by atoms with Gasteiger partial charge in [0.05, 0.1) is 23.7 Å². The number of halogens is 1. The van der Waals surface area contributed by atoms with E-state index in [1.165, 1.54) is 0 Å². The van der Waals surface area contributed by atoms with E-state index in [9.17, 15) is 4.79 Å². The van der Waals surface area contributed by atoms with Crippen molar-refractivity contribution in [2.24, 2.45) is 0 Å². The molecule has 28 heavy (non-hydrogen) atoms. The number of carbonyl (C=O) groups excluding carboxylic acids is 1. The standard InChI is InChI=1S/C20H21BrN4O3/c1-13-7-8-17(18(11-13)28-10-9-27-3)22-20(26)19-14(2)25(24-23-19)16-6-4-5-15(21)12-16/h4-8,11-12H,9-10H2,1-3H3,(H,22,26). The van der Waals surface area contributed by atoms with Crippen LogP contribution in [0.15, 0.2) is 46.9 Å². The zero-order chi connectivity index (χ0) is 20.1. The molecule has 0 aliphatic heterocycles. The summed E-state index contributed by atoms with van der Waals surface area (Å²) >= 11 is 3.44. The molecular formula is C20H21BrN4O3. The number of carbonyl (C=O) groups is 1. The lowest BCUT2D eigenvalue weighted by Crippen LogP contribution is -2.16. The number of nitrogens with zero attached hydrogens (tertiary/aromatic N) is 3. The number of rotatable bonds is 7. The Morgan fingerprint density at radius 3 is 2.75 bits per heavy atom. The molecule has 1 amide bonds. The fourth-order valence-electron chi connectivity index (χ4n) is 2.66. The second-order valence-corrected chi connectivity index (χ2v) is 7.13. The summed E-state index contributed by atoms with van der Waals surface area (Å²) in [5.74, 6) is 0.238. The van der Waals surface area contributed by atoms with Crippen LogP contribution in [0.1, 0.15) is 21.7 Å². The van der Waals surface area contributed by atoms with Gasteiger partial charge >= 0.3 is 0 Å². The van der Waals surface area contributed by atoms with Gasteiger partial charge in [0.1, 0.15) is 12.4 Å². The maximum Gasteiger partial charge on any atom is 0.278 e. The van der Waals surface area contributed by atoms with Crippen molar-refractivity contribution >= 4 is 27.5 Å². The molecule has 0 saturated carbocycles. The molecule has 0 unspecified atom stereocenters. The highest BCUT2D eigenvalue weighted by molar-refractivity contribution is 9.10. The van der Waals surface area contributed by atoms with E-state index in [1.807, 2.05) is 49.4 Å². The molecule has 0 aliphatic carbocycles. The maximum absolute atomic E-state index is 12.8. The quantitative estimate of drug-likeness (QED) is 0.558. The van der Waals surface area contributed by atoms with Crippen LogP contribution in [0.4, 0.5) is 5.69 Å². The second kappa shape index (κ2) is 8.99. The number of benzene rings is 2. The number of nitrogens with one attached hydrogen (secondary N) is 1. The summed E-state index contributed by atoms with van der Waals surface area (Å²) in [6.07, 6.45) is 0. The Hall–Kier alpha value is -2.71. The van der Waals surface area contributed by atoms with E-state index in [-0.39, 0.29) is 11.6 Å². The van der Waals surface area contributed by atoms with Gasteiger partial charge in [-0.25, -0.2) is 4.68 Å². The van der Waals surface area contributed by atoms with E-state index in [0.717, 1.165) is 15.7 Å². The minimum Gasteiger partial charge on any atom is -0.489 e. The van der Waals surface area contributed by atoms with Crippen LogP contribution >= 0.6 is 15.9 Å². The summed E-state index contributed by atoms with van der Waals surface area (Å²) in [4.78, 5) is 12.8. The van der Waals surface area contributed by atoms with Gasteiger partial charge in [-0.3, -0.25) is 4.79 Å². The predicted molar refractivity (Wildman–Crippen MR) is 110 cm³/mol. The molecule has 0 aliphatic rings. The summed E-state index contributed by atoms with van der Waals surface area (Å²) in [6, 6.07) is 13.2. The number of aryl methyl sites for hydroxylation is 1. The summed E-state index contributed by atoms with van der Waals surface area (Å²) in [6.45, 7) is 4.62. The topological polar surface area (TPSA) is 78.3 Å². The molecule has 3 rings (SSSR count). The molecule has 0 bridgehead atoms. The molecule has 146 valence electrons. The number of methoxy groups -OCH3 is 1. The number of hydrogen-bond donors (Lipinski definition) is 1. The lowest BCUT2D eigenvalue weighted by molar-refractivity contribution is 0.102. The first-order valence-corrected chi connectivity index (χ1v) is 9.51. The molecule has 0 saturated heterocycles. The predicted octanol–water partition coefficient (Wildman–Crippen LogP) is 3.92. The Labute approximate surface area is 171 Å². The van der Waals surface area contributed by atoms with Gasteiger partial charge in [-0.1, -0.05) is 33.3 Å². The molecule has 1 aromatic heterocycles. The Morgan fingerprint density at radius 1 is 1.18 bits per heavy atom. The molecule has 1 heterocycles. The van der Waals surface area contributed by atoms with Crippen LogP contribution in [0.2, 0.25) is 0 Å². The third kappa shape index (κ3) is 4.58. The van der Waals surface area contributed by atoms with Crippen molar-refractivity contribution < 1.29 is 14.3 Å². The molecular weight excluding hydrogens is 424 g/mol. The summed E-state index contributed by atoms with van der Waals surface area (Å²) < 4.78 is 13.3. The Morgan fingerprint density at radius 2 is 2.00 bits per heavy atom. The van der Waals surface area contributed by atoms with Crippen LogP contribution in [0, 0.1) is 13.8 Å². The van der Waals surface area contributed by atoms with Crippen molar-refractivity contribution in [3.05, 3.63) is 63.9 Å². The minimum absolute atomic E-state index is 0.253. The van der Waals surface area contributed by atoms with Crippen LogP contribution in [0.5, 0.6) is 5.75 Å². The number of hydrogen-bond acceptors (Lipinski definition) is 5. The highest BCUT2D eigenvalue weighted by Crippen LogP contribution is 2.26. The average Bonchev–Trinajstić information content (AvgIpc) is 3.05. The van der Waals surface area contributed by atoms with E-state index in [4.69, 9.17) is 9.47 Å². The zero-order valence-corrected chi connectivity index (χ0v) is 17.5. The van der Waals surface area contributed by atoms with Crippen molar-refractivity contribution in [1.82, 2.24) is 15.0 Å². The Balaban J connectivity index is 1.82. The summed E-state index contributed by atoms with van der Waals surface area (Å²) in [5, 5.41) is 11.1. The van der Waals surface area contributed by atoms with Crippen LogP contribution in [0.25, 0.3) is 5.69 Å². The van der Waals surface area contributed by atoms with E-state index in [2.05, 4.69) is 31.6 Å². The van der Waals surface area contributed by atoms with Crippen molar-refractivity contribution in [1.29, 1.82) is 0 Å².